The standard InChI is InChI=1S/C25H28FN3O3/c1-3-32-24(31)21-22(27)25(29(23(21)30)20-11-7-10-19(26)14-20)12-13-28(17(2)15-25)16-18-8-5-4-6-9-18/h4-11,14,17,21,27H,3,12-13,15-16H2,1-2H3. The van der Waals surface area contributed by atoms with Crippen molar-refractivity contribution in [2.24, 2.45) is 5.92 Å². The maximum atomic E-state index is 14.1. The summed E-state index contributed by atoms with van der Waals surface area (Å²) in [7, 11) is 0. The monoisotopic (exact) mass is 437 g/mol. The summed E-state index contributed by atoms with van der Waals surface area (Å²) in [5.74, 6) is -2.97. The zero-order chi connectivity index (χ0) is 22.9. The molecule has 4 rings (SSSR count). The topological polar surface area (TPSA) is 73.7 Å². The molecule has 2 aromatic rings. The first-order valence-corrected chi connectivity index (χ1v) is 11.0. The second kappa shape index (κ2) is 8.82. The van der Waals surface area contributed by atoms with E-state index >= 15 is 0 Å². The number of nitrogens with one attached hydrogen (secondary N) is 1. The molecule has 168 valence electrons. The minimum Gasteiger partial charge on any atom is -0.465 e. The van der Waals surface area contributed by atoms with Crippen molar-refractivity contribution in [3.05, 3.63) is 66.0 Å². The first kappa shape index (κ1) is 22.1. The van der Waals surface area contributed by atoms with Crippen molar-refractivity contribution >= 4 is 23.3 Å². The van der Waals surface area contributed by atoms with Crippen molar-refractivity contribution in [2.75, 3.05) is 18.1 Å². The molecule has 7 heteroatoms. The molecular formula is C25H28FN3O3. The van der Waals surface area contributed by atoms with Gasteiger partial charge < -0.3 is 10.1 Å². The second-order valence-electron chi connectivity index (χ2n) is 8.54. The van der Waals surface area contributed by atoms with Gasteiger partial charge in [-0.15, -0.1) is 0 Å². The Labute approximate surface area is 187 Å². The number of piperidine rings is 1. The van der Waals surface area contributed by atoms with Crippen molar-refractivity contribution < 1.29 is 18.7 Å². The van der Waals surface area contributed by atoms with Crippen LogP contribution in [0.15, 0.2) is 54.6 Å². The number of hydrogen-bond donors (Lipinski definition) is 1. The summed E-state index contributed by atoms with van der Waals surface area (Å²) < 4.78 is 19.2. The van der Waals surface area contributed by atoms with Gasteiger partial charge in [0.2, 0.25) is 5.91 Å². The Morgan fingerprint density at radius 3 is 2.62 bits per heavy atom. The Bertz CT molecular complexity index is 1030. The molecule has 6 nitrogen and oxygen atoms in total. The van der Waals surface area contributed by atoms with Crippen LogP contribution in [0.25, 0.3) is 0 Å². The van der Waals surface area contributed by atoms with E-state index in [1.807, 2.05) is 18.2 Å². The lowest BCUT2D eigenvalue weighted by Gasteiger charge is -2.47. The normalized spacial score (nSPS) is 26.0. The Balaban J connectivity index is 1.68. The van der Waals surface area contributed by atoms with Crippen LogP contribution in [-0.4, -0.2) is 47.2 Å². The largest absolute Gasteiger partial charge is 0.465 e. The van der Waals surface area contributed by atoms with Gasteiger partial charge in [0.15, 0.2) is 5.92 Å². The van der Waals surface area contributed by atoms with Gasteiger partial charge in [0.1, 0.15) is 5.82 Å². The molecule has 2 aliphatic rings. The highest BCUT2D eigenvalue weighted by molar-refractivity contribution is 6.31. The first-order chi connectivity index (χ1) is 15.4. The third-order valence-electron chi connectivity index (χ3n) is 6.57. The van der Waals surface area contributed by atoms with Crippen LogP contribution in [-0.2, 0) is 20.9 Å². The van der Waals surface area contributed by atoms with Gasteiger partial charge in [0, 0.05) is 24.8 Å². The summed E-state index contributed by atoms with van der Waals surface area (Å²) in [6.07, 6.45) is 0.970. The molecule has 32 heavy (non-hydrogen) atoms. The SMILES string of the molecule is CCOC(=O)C1C(=N)C2(CCN(Cc3ccccc3)C(C)C2)N(c2cccc(F)c2)C1=O. The molecule has 1 spiro atoms. The average molecular weight is 438 g/mol. The molecule has 0 radical (unpaired) electrons. The number of nitrogens with zero attached hydrogens (tertiary/aromatic N) is 2. The van der Waals surface area contributed by atoms with Crippen molar-refractivity contribution in [1.29, 1.82) is 5.41 Å². The van der Waals surface area contributed by atoms with Gasteiger partial charge in [-0.2, -0.15) is 0 Å². The number of likely N-dealkylation sites (tertiary alicyclic amines) is 1. The number of hydrogen-bond acceptors (Lipinski definition) is 5. The Morgan fingerprint density at radius 1 is 1.22 bits per heavy atom. The highest BCUT2D eigenvalue weighted by Gasteiger charge is 2.60. The molecule has 2 saturated heterocycles. The molecule has 3 unspecified atom stereocenters. The van der Waals surface area contributed by atoms with Crippen LogP contribution in [0.1, 0.15) is 32.3 Å². The zero-order valence-electron chi connectivity index (χ0n) is 18.4. The fourth-order valence-electron chi connectivity index (χ4n) is 5.06. The summed E-state index contributed by atoms with van der Waals surface area (Å²) in [5.41, 5.74) is 0.639. The fraction of sp³-hybridized carbons (Fsp3) is 0.400. The molecule has 2 heterocycles. The summed E-state index contributed by atoms with van der Waals surface area (Å²) in [6.45, 7) is 5.28. The van der Waals surface area contributed by atoms with Crippen LogP contribution in [0.2, 0.25) is 0 Å². The minimum atomic E-state index is -1.29. The molecule has 3 atom stereocenters. The number of benzene rings is 2. The van der Waals surface area contributed by atoms with Gasteiger partial charge >= 0.3 is 5.97 Å². The number of rotatable bonds is 5. The third kappa shape index (κ3) is 3.81. The summed E-state index contributed by atoms with van der Waals surface area (Å²) >= 11 is 0. The molecule has 1 N–H and O–H groups in total. The van der Waals surface area contributed by atoms with E-state index in [1.165, 1.54) is 22.6 Å². The molecule has 0 bridgehead atoms. The molecule has 1 amide bonds. The van der Waals surface area contributed by atoms with E-state index in [-0.39, 0.29) is 18.4 Å². The van der Waals surface area contributed by atoms with Crippen molar-refractivity contribution in [1.82, 2.24) is 4.90 Å². The highest BCUT2D eigenvalue weighted by atomic mass is 19.1. The molecule has 2 fully saturated rings. The maximum Gasteiger partial charge on any atom is 0.324 e. The predicted octanol–water partition coefficient (Wildman–Crippen LogP) is 3.79. The van der Waals surface area contributed by atoms with Crippen LogP contribution in [0, 0.1) is 17.1 Å². The van der Waals surface area contributed by atoms with Gasteiger partial charge in [-0.25, -0.2) is 4.39 Å². The quantitative estimate of drug-likeness (QED) is 0.571. The van der Waals surface area contributed by atoms with E-state index in [4.69, 9.17) is 10.1 Å². The third-order valence-corrected chi connectivity index (χ3v) is 6.57. The molecule has 0 saturated carbocycles. The zero-order valence-corrected chi connectivity index (χ0v) is 18.4. The van der Waals surface area contributed by atoms with Gasteiger partial charge in [0.25, 0.3) is 0 Å². The molecule has 0 aliphatic carbocycles. The number of ether oxygens (including phenoxy) is 1. The van der Waals surface area contributed by atoms with Crippen LogP contribution in [0.3, 0.4) is 0 Å². The molecule has 0 aromatic heterocycles. The Morgan fingerprint density at radius 2 is 1.97 bits per heavy atom. The van der Waals surface area contributed by atoms with E-state index in [2.05, 4.69) is 24.0 Å². The molecule has 2 aromatic carbocycles. The molecular weight excluding hydrogens is 409 g/mol. The van der Waals surface area contributed by atoms with Crippen molar-refractivity contribution in [2.45, 2.75) is 44.8 Å². The number of anilines is 1. The second-order valence-corrected chi connectivity index (χ2v) is 8.54. The number of esters is 1. The number of carbonyl (C=O) groups is 2. The summed E-state index contributed by atoms with van der Waals surface area (Å²) in [4.78, 5) is 29.9. The van der Waals surface area contributed by atoms with E-state index in [0.717, 1.165) is 6.54 Å². The van der Waals surface area contributed by atoms with Crippen LogP contribution >= 0.6 is 0 Å². The smallest absolute Gasteiger partial charge is 0.324 e. The first-order valence-electron chi connectivity index (χ1n) is 11.0. The Hall–Kier alpha value is -3.06. The number of carbonyl (C=O) groups excluding carboxylic acids is 2. The van der Waals surface area contributed by atoms with Crippen LogP contribution in [0.4, 0.5) is 10.1 Å². The van der Waals surface area contributed by atoms with Crippen molar-refractivity contribution in [3.8, 4) is 0 Å². The van der Waals surface area contributed by atoms with Crippen molar-refractivity contribution in [3.63, 3.8) is 0 Å². The van der Waals surface area contributed by atoms with E-state index < -0.39 is 29.2 Å². The minimum absolute atomic E-state index is 0.0501. The van der Waals surface area contributed by atoms with Gasteiger partial charge in [-0.05, 0) is 50.5 Å². The summed E-state index contributed by atoms with van der Waals surface area (Å²) in [5, 5.41) is 8.92. The predicted molar refractivity (Wildman–Crippen MR) is 120 cm³/mol. The Kier molecular flexibility index (Phi) is 6.11. The highest BCUT2D eigenvalue weighted by Crippen LogP contribution is 2.44. The maximum absolute atomic E-state index is 14.1. The average Bonchev–Trinajstić information content (AvgIpc) is 2.97. The van der Waals surface area contributed by atoms with E-state index in [0.29, 0.717) is 25.1 Å². The fourth-order valence-corrected chi connectivity index (χ4v) is 5.06. The van der Waals surface area contributed by atoms with Gasteiger partial charge in [0.05, 0.1) is 17.9 Å². The van der Waals surface area contributed by atoms with E-state index in [9.17, 15) is 14.0 Å². The number of halogens is 1. The lowest BCUT2D eigenvalue weighted by atomic mass is 9.77. The van der Waals surface area contributed by atoms with Gasteiger partial charge in [-0.3, -0.25) is 19.4 Å². The lowest BCUT2D eigenvalue weighted by Crippen LogP contribution is -2.59. The van der Waals surface area contributed by atoms with Gasteiger partial charge in [-0.1, -0.05) is 36.4 Å². The number of amides is 1. The van der Waals surface area contributed by atoms with Crippen LogP contribution in [0.5, 0.6) is 0 Å². The molecule has 2 aliphatic heterocycles. The van der Waals surface area contributed by atoms with Crippen LogP contribution < -0.4 is 4.90 Å². The lowest BCUT2D eigenvalue weighted by molar-refractivity contribution is -0.148. The summed E-state index contributed by atoms with van der Waals surface area (Å²) in [6, 6.07) is 16.0. The van der Waals surface area contributed by atoms with E-state index in [1.54, 1.807) is 19.1 Å².